The third-order valence-electron chi connectivity index (χ3n) is 4.07. The van der Waals surface area contributed by atoms with Gasteiger partial charge in [0.1, 0.15) is 0 Å². The van der Waals surface area contributed by atoms with E-state index in [0.717, 1.165) is 30.4 Å². The third kappa shape index (κ3) is 3.32. The number of benzene rings is 1. The summed E-state index contributed by atoms with van der Waals surface area (Å²) in [6.07, 6.45) is 1.47. The van der Waals surface area contributed by atoms with Gasteiger partial charge in [0.05, 0.1) is 6.04 Å². The number of hydrogen-bond donors (Lipinski definition) is 3. The van der Waals surface area contributed by atoms with E-state index in [1.54, 1.807) is 6.07 Å². The third-order valence-corrected chi connectivity index (χ3v) is 4.07. The van der Waals surface area contributed by atoms with Crippen molar-refractivity contribution in [1.82, 2.24) is 4.90 Å². The summed E-state index contributed by atoms with van der Waals surface area (Å²) in [5.74, 6) is 0.462. The minimum absolute atomic E-state index is 0.0718. The van der Waals surface area contributed by atoms with Crippen molar-refractivity contribution in [1.29, 1.82) is 0 Å². The molecule has 1 amide bonds. The highest BCUT2D eigenvalue weighted by Crippen LogP contribution is 2.34. The van der Waals surface area contributed by atoms with Crippen molar-refractivity contribution in [3.8, 4) is 0 Å². The molecular weight excluding hydrogens is 282 g/mol. The molecule has 0 radical (unpaired) electrons. The van der Waals surface area contributed by atoms with Gasteiger partial charge in [0.15, 0.2) is 5.84 Å². The molecule has 1 unspecified atom stereocenters. The first-order valence-electron chi connectivity index (χ1n) is 7.54. The van der Waals surface area contributed by atoms with Crippen molar-refractivity contribution in [2.24, 2.45) is 16.8 Å². The molecule has 0 fully saturated rings. The molecule has 0 aliphatic carbocycles. The molecular formula is C16H23N3O3. The van der Waals surface area contributed by atoms with Gasteiger partial charge in [0.25, 0.3) is 0 Å². The van der Waals surface area contributed by atoms with Gasteiger partial charge in [-0.1, -0.05) is 31.1 Å². The highest BCUT2D eigenvalue weighted by molar-refractivity contribution is 5.97. The normalized spacial score (nSPS) is 19.0. The monoisotopic (exact) mass is 305 g/mol. The number of rotatable bonds is 3. The SMILES string of the molecule is CC(C)CC1c2ccc(C(N)=NO)cc2CCCN1C(=O)O. The van der Waals surface area contributed by atoms with E-state index in [-0.39, 0.29) is 11.9 Å². The zero-order chi connectivity index (χ0) is 16.3. The molecule has 0 saturated heterocycles. The van der Waals surface area contributed by atoms with E-state index < -0.39 is 6.09 Å². The Hall–Kier alpha value is -2.24. The van der Waals surface area contributed by atoms with Crippen LogP contribution in [0.1, 0.15) is 49.4 Å². The maximum absolute atomic E-state index is 11.6. The number of fused-ring (bicyclic) bond motifs is 1. The second-order valence-electron chi connectivity index (χ2n) is 6.12. The zero-order valence-electron chi connectivity index (χ0n) is 13.0. The molecule has 120 valence electrons. The van der Waals surface area contributed by atoms with Crippen molar-refractivity contribution in [3.63, 3.8) is 0 Å². The molecule has 0 saturated carbocycles. The molecule has 4 N–H and O–H groups in total. The van der Waals surface area contributed by atoms with Crippen molar-refractivity contribution in [2.45, 2.75) is 39.2 Å². The van der Waals surface area contributed by atoms with Crippen LogP contribution in [0.2, 0.25) is 0 Å². The summed E-state index contributed by atoms with van der Waals surface area (Å²) in [7, 11) is 0. The summed E-state index contributed by atoms with van der Waals surface area (Å²) < 4.78 is 0. The summed E-state index contributed by atoms with van der Waals surface area (Å²) in [6.45, 7) is 4.71. The van der Waals surface area contributed by atoms with Crippen LogP contribution in [0.25, 0.3) is 0 Å². The van der Waals surface area contributed by atoms with Gasteiger partial charge in [0.2, 0.25) is 0 Å². The quantitative estimate of drug-likeness (QED) is 0.346. The number of amides is 1. The number of nitrogens with two attached hydrogens (primary N) is 1. The number of nitrogens with zero attached hydrogens (tertiary/aromatic N) is 2. The lowest BCUT2D eigenvalue weighted by atomic mass is 9.91. The standard InChI is InChI=1S/C16H23N3O3/c1-10(2)8-14-13-6-5-12(15(17)18-22)9-11(13)4-3-7-19(14)16(20)21/h5-6,9-10,14,22H,3-4,7-8H2,1-2H3,(H2,17,18)(H,20,21). The summed E-state index contributed by atoms with van der Waals surface area (Å²) >= 11 is 0. The van der Waals surface area contributed by atoms with E-state index in [1.807, 2.05) is 12.1 Å². The maximum Gasteiger partial charge on any atom is 0.407 e. The molecule has 0 aromatic heterocycles. The van der Waals surface area contributed by atoms with Gasteiger partial charge in [-0.2, -0.15) is 0 Å². The van der Waals surface area contributed by atoms with Gasteiger partial charge in [0, 0.05) is 12.1 Å². The van der Waals surface area contributed by atoms with Gasteiger partial charge in [-0.15, -0.1) is 0 Å². The van der Waals surface area contributed by atoms with Crippen molar-refractivity contribution < 1.29 is 15.1 Å². The topological polar surface area (TPSA) is 99.2 Å². The van der Waals surface area contributed by atoms with Crippen LogP contribution in [0, 0.1) is 5.92 Å². The maximum atomic E-state index is 11.6. The van der Waals surface area contributed by atoms with Crippen LogP contribution >= 0.6 is 0 Å². The van der Waals surface area contributed by atoms with Gasteiger partial charge in [-0.3, -0.25) is 0 Å². The van der Waals surface area contributed by atoms with Crippen LogP contribution in [0.15, 0.2) is 23.4 Å². The molecule has 1 aliphatic heterocycles. The predicted octanol–water partition coefficient (Wildman–Crippen LogP) is 2.79. The fourth-order valence-electron chi connectivity index (χ4n) is 3.06. The fourth-order valence-corrected chi connectivity index (χ4v) is 3.06. The first kappa shape index (κ1) is 16.1. The second-order valence-corrected chi connectivity index (χ2v) is 6.12. The van der Waals surface area contributed by atoms with Crippen molar-refractivity contribution in [2.75, 3.05) is 6.54 Å². The van der Waals surface area contributed by atoms with E-state index in [4.69, 9.17) is 10.9 Å². The fraction of sp³-hybridized carbons (Fsp3) is 0.500. The van der Waals surface area contributed by atoms with Crippen molar-refractivity contribution in [3.05, 3.63) is 34.9 Å². The molecule has 0 spiro atoms. The molecule has 22 heavy (non-hydrogen) atoms. The van der Waals surface area contributed by atoms with Crippen LogP contribution in [0.5, 0.6) is 0 Å². The molecule has 1 aromatic carbocycles. The average molecular weight is 305 g/mol. The lowest BCUT2D eigenvalue weighted by Crippen LogP contribution is -2.34. The van der Waals surface area contributed by atoms with E-state index >= 15 is 0 Å². The second kappa shape index (κ2) is 6.68. The first-order valence-corrected chi connectivity index (χ1v) is 7.54. The summed E-state index contributed by atoms with van der Waals surface area (Å²) in [4.78, 5) is 13.1. The van der Waals surface area contributed by atoms with Gasteiger partial charge < -0.3 is 20.9 Å². The highest BCUT2D eigenvalue weighted by Gasteiger charge is 2.29. The van der Waals surface area contributed by atoms with Crippen LogP contribution in [-0.4, -0.2) is 33.7 Å². The number of hydrogen-bond acceptors (Lipinski definition) is 3. The number of amidine groups is 1. The number of carbonyl (C=O) groups is 1. The van der Waals surface area contributed by atoms with E-state index in [9.17, 15) is 9.90 Å². The molecule has 2 rings (SSSR count). The van der Waals surface area contributed by atoms with Gasteiger partial charge >= 0.3 is 6.09 Å². The van der Waals surface area contributed by atoms with Crippen molar-refractivity contribution >= 4 is 11.9 Å². The largest absolute Gasteiger partial charge is 0.465 e. The van der Waals surface area contributed by atoms with E-state index in [2.05, 4.69) is 19.0 Å². The number of oxime groups is 1. The van der Waals surface area contributed by atoms with Crippen LogP contribution in [0.4, 0.5) is 4.79 Å². The van der Waals surface area contributed by atoms with Crippen LogP contribution in [0.3, 0.4) is 0 Å². The molecule has 1 atom stereocenters. The van der Waals surface area contributed by atoms with Gasteiger partial charge in [-0.05, 0) is 42.4 Å². The van der Waals surface area contributed by atoms with Crippen LogP contribution < -0.4 is 5.73 Å². The Labute approximate surface area is 130 Å². The minimum atomic E-state index is -0.876. The number of aryl methyl sites for hydroxylation is 1. The van der Waals surface area contributed by atoms with E-state index in [0.29, 0.717) is 18.0 Å². The highest BCUT2D eigenvalue weighted by atomic mass is 16.4. The Balaban J connectivity index is 2.47. The minimum Gasteiger partial charge on any atom is -0.465 e. The van der Waals surface area contributed by atoms with Crippen LogP contribution in [-0.2, 0) is 6.42 Å². The first-order chi connectivity index (χ1) is 10.4. The molecule has 6 nitrogen and oxygen atoms in total. The predicted molar refractivity (Wildman–Crippen MR) is 84.2 cm³/mol. The Morgan fingerprint density at radius 2 is 2.23 bits per heavy atom. The Kier molecular flexibility index (Phi) is 4.90. The molecule has 6 heteroatoms. The Bertz CT molecular complexity index is 584. The van der Waals surface area contributed by atoms with Gasteiger partial charge in [-0.25, -0.2) is 4.79 Å². The lowest BCUT2D eigenvalue weighted by molar-refractivity contribution is 0.118. The molecule has 1 aliphatic rings. The molecule has 0 bridgehead atoms. The Morgan fingerprint density at radius 3 is 2.82 bits per heavy atom. The average Bonchev–Trinajstić information content (AvgIpc) is 2.65. The lowest BCUT2D eigenvalue weighted by Gasteiger charge is -2.30. The molecule has 1 aromatic rings. The summed E-state index contributed by atoms with van der Waals surface area (Å²) in [6, 6.07) is 5.46. The smallest absolute Gasteiger partial charge is 0.407 e. The zero-order valence-corrected chi connectivity index (χ0v) is 13.0. The Morgan fingerprint density at radius 1 is 1.50 bits per heavy atom. The summed E-state index contributed by atoms with van der Waals surface area (Å²) in [5.41, 5.74) is 8.43. The van der Waals surface area contributed by atoms with E-state index in [1.165, 1.54) is 4.90 Å². The molecule has 1 heterocycles. The summed E-state index contributed by atoms with van der Waals surface area (Å²) in [5, 5.41) is 21.3. The number of carboxylic acid groups (broad SMARTS) is 1.